The van der Waals surface area contributed by atoms with Gasteiger partial charge in [0.2, 0.25) is 0 Å². The molecule has 2 N–H and O–H groups in total. The lowest BCUT2D eigenvalue weighted by Crippen LogP contribution is -2.06. The van der Waals surface area contributed by atoms with Gasteiger partial charge in [-0.1, -0.05) is 54.6 Å². The summed E-state index contributed by atoms with van der Waals surface area (Å²) in [6.07, 6.45) is 3.31. The molecule has 240 valence electrons. The van der Waals surface area contributed by atoms with E-state index in [0.717, 1.165) is 47.4 Å². The second kappa shape index (κ2) is 16.3. The number of hydrogen-bond donors (Lipinski definition) is 2. The van der Waals surface area contributed by atoms with Crippen LogP contribution in [-0.4, -0.2) is 35.4 Å². The number of carboxylic acids is 2. The average molecular weight is 633 g/mol. The predicted octanol–water partition coefficient (Wildman–Crippen LogP) is 8.84. The maximum absolute atomic E-state index is 12.7. The van der Waals surface area contributed by atoms with E-state index >= 15 is 0 Å². The number of para-hydroxylation sites is 1. The minimum atomic E-state index is -4.38. The fraction of sp³-hybridized carbons (Fsp3) is 0.243. The highest BCUT2D eigenvalue weighted by Gasteiger charge is 2.30. The van der Waals surface area contributed by atoms with Crippen LogP contribution in [0.3, 0.4) is 0 Å². The first kappa shape index (κ1) is 33.8. The van der Waals surface area contributed by atoms with Crippen molar-refractivity contribution in [2.45, 2.75) is 38.3 Å². The van der Waals surface area contributed by atoms with Crippen LogP contribution >= 0.6 is 0 Å². The van der Waals surface area contributed by atoms with E-state index in [1.807, 2.05) is 54.6 Å². The van der Waals surface area contributed by atoms with Gasteiger partial charge < -0.3 is 19.7 Å². The fourth-order valence-corrected chi connectivity index (χ4v) is 4.82. The van der Waals surface area contributed by atoms with Crippen molar-refractivity contribution in [2.75, 3.05) is 13.2 Å². The van der Waals surface area contributed by atoms with Crippen LogP contribution in [0.4, 0.5) is 13.2 Å². The monoisotopic (exact) mass is 632 g/mol. The topological polar surface area (TPSA) is 93.1 Å². The van der Waals surface area contributed by atoms with Crippen molar-refractivity contribution in [1.82, 2.24) is 0 Å². The van der Waals surface area contributed by atoms with E-state index < -0.39 is 23.7 Å². The maximum atomic E-state index is 12.7. The fourth-order valence-electron chi connectivity index (χ4n) is 4.82. The zero-order valence-electron chi connectivity index (χ0n) is 25.1. The van der Waals surface area contributed by atoms with Gasteiger partial charge in [0.25, 0.3) is 0 Å². The minimum absolute atomic E-state index is 0.102. The highest BCUT2D eigenvalue weighted by atomic mass is 19.4. The van der Waals surface area contributed by atoms with Gasteiger partial charge in [-0.25, -0.2) is 9.59 Å². The van der Waals surface area contributed by atoms with E-state index in [9.17, 15) is 33.0 Å². The summed E-state index contributed by atoms with van der Waals surface area (Å²) in [5, 5.41) is 18.4. The van der Waals surface area contributed by atoms with Gasteiger partial charge in [0.15, 0.2) is 0 Å². The maximum Gasteiger partial charge on any atom is 0.416 e. The summed E-state index contributed by atoms with van der Waals surface area (Å²) in [7, 11) is 0. The molecule has 4 aromatic rings. The lowest BCUT2D eigenvalue weighted by atomic mass is 9.91. The van der Waals surface area contributed by atoms with Crippen LogP contribution < -0.4 is 9.47 Å². The molecule has 9 heteroatoms. The van der Waals surface area contributed by atoms with Crippen LogP contribution in [0.2, 0.25) is 0 Å². The molecule has 1 unspecified atom stereocenters. The first-order chi connectivity index (χ1) is 22.1. The van der Waals surface area contributed by atoms with E-state index in [4.69, 9.17) is 9.47 Å². The van der Waals surface area contributed by atoms with Crippen LogP contribution in [0.15, 0.2) is 103 Å². The number of alkyl halides is 3. The molecule has 0 aliphatic heterocycles. The lowest BCUT2D eigenvalue weighted by Gasteiger charge is -2.15. The van der Waals surface area contributed by atoms with Gasteiger partial charge >= 0.3 is 18.1 Å². The number of carboxylic acid groups (broad SMARTS) is 2. The second-order valence-electron chi connectivity index (χ2n) is 10.8. The molecule has 0 bridgehead atoms. The molecule has 1 atom stereocenters. The normalized spacial score (nSPS) is 12.2. The number of carbonyl (C=O) groups is 2. The molecule has 0 saturated heterocycles. The third-order valence-corrected chi connectivity index (χ3v) is 7.42. The van der Waals surface area contributed by atoms with Crippen molar-refractivity contribution >= 4 is 18.0 Å². The molecular formula is C37H35F3O6. The Hall–Kier alpha value is -5.05. The first-order valence-corrected chi connectivity index (χ1v) is 14.9. The Labute approximate surface area is 265 Å². The summed E-state index contributed by atoms with van der Waals surface area (Å²) in [5.41, 5.74) is 2.68. The van der Waals surface area contributed by atoms with Crippen LogP contribution in [-0.2, 0) is 19.0 Å². The Balaban J connectivity index is 1.34. The van der Waals surface area contributed by atoms with E-state index in [1.54, 1.807) is 24.3 Å². The SMILES string of the molecule is O=C(O)c1ccc(CCC(C=Cc2ccccc2OCCCCOc2ccc(C(F)(F)F)cc2)Cc2ccc(C(=O)O)cc2)cc1. The quantitative estimate of drug-likeness (QED) is 0.120. The van der Waals surface area contributed by atoms with Crippen molar-refractivity contribution in [3.63, 3.8) is 0 Å². The molecular weight excluding hydrogens is 597 g/mol. The Morgan fingerprint density at radius 3 is 1.87 bits per heavy atom. The summed E-state index contributed by atoms with van der Waals surface area (Å²) in [4.78, 5) is 22.5. The Morgan fingerprint density at radius 1 is 0.717 bits per heavy atom. The number of allylic oxidation sites excluding steroid dienone is 1. The van der Waals surface area contributed by atoms with Crippen molar-refractivity contribution in [3.05, 3.63) is 137 Å². The Kier molecular flexibility index (Phi) is 12.0. The molecule has 0 spiro atoms. The molecule has 0 aliphatic rings. The lowest BCUT2D eigenvalue weighted by molar-refractivity contribution is -0.137. The second-order valence-corrected chi connectivity index (χ2v) is 10.8. The number of unbranched alkanes of at least 4 members (excludes halogenated alkanes) is 1. The first-order valence-electron chi connectivity index (χ1n) is 14.9. The summed E-state index contributed by atoms with van der Waals surface area (Å²) in [5.74, 6) is -0.740. The number of rotatable bonds is 16. The highest BCUT2D eigenvalue weighted by Crippen LogP contribution is 2.30. The summed E-state index contributed by atoms with van der Waals surface area (Å²) in [6.45, 7) is 0.789. The van der Waals surface area contributed by atoms with Gasteiger partial charge in [0.05, 0.1) is 29.9 Å². The number of aromatic carboxylic acids is 2. The molecule has 0 fully saturated rings. The van der Waals surface area contributed by atoms with Crippen molar-refractivity contribution < 1.29 is 42.4 Å². The van der Waals surface area contributed by atoms with Gasteiger partial charge in [-0.15, -0.1) is 0 Å². The molecule has 0 radical (unpaired) electrons. The minimum Gasteiger partial charge on any atom is -0.494 e. The summed E-state index contributed by atoms with van der Waals surface area (Å²) < 4.78 is 49.8. The molecule has 46 heavy (non-hydrogen) atoms. The Bertz CT molecular complexity index is 1590. The van der Waals surface area contributed by atoms with Crippen molar-refractivity contribution in [2.24, 2.45) is 5.92 Å². The zero-order valence-corrected chi connectivity index (χ0v) is 25.1. The van der Waals surface area contributed by atoms with Crippen molar-refractivity contribution in [1.29, 1.82) is 0 Å². The van der Waals surface area contributed by atoms with Crippen molar-refractivity contribution in [3.8, 4) is 11.5 Å². The predicted molar refractivity (Wildman–Crippen MR) is 169 cm³/mol. The van der Waals surface area contributed by atoms with Crippen LogP contribution in [0.25, 0.3) is 6.08 Å². The zero-order chi connectivity index (χ0) is 32.9. The standard InChI is InChI=1S/C37H35F3O6/c38-37(39,40)32-19-21-33(22-20-32)45-23-3-4-24-46-34-6-2-1-5-29(34)14-11-27(25-28-12-17-31(18-13-28)36(43)44)8-7-26-9-15-30(16-10-26)35(41)42/h1-2,5-6,9-22,27H,3-4,7-8,23-25H2,(H,41,42)(H,43,44). The van der Waals surface area contributed by atoms with Crippen LogP contribution in [0, 0.1) is 5.92 Å². The van der Waals surface area contributed by atoms with Gasteiger partial charge in [-0.05, 0) is 104 Å². The molecule has 4 rings (SSSR count). The highest BCUT2D eigenvalue weighted by molar-refractivity contribution is 5.88. The Morgan fingerprint density at radius 2 is 1.28 bits per heavy atom. The van der Waals surface area contributed by atoms with E-state index in [1.165, 1.54) is 12.1 Å². The molecule has 0 amide bonds. The number of halogens is 3. The third kappa shape index (κ3) is 10.5. The number of hydrogen-bond acceptors (Lipinski definition) is 4. The molecule has 0 saturated carbocycles. The van der Waals surface area contributed by atoms with E-state index in [2.05, 4.69) is 6.08 Å². The van der Waals surface area contributed by atoms with Crippen LogP contribution in [0.5, 0.6) is 11.5 Å². The molecule has 0 heterocycles. The molecule has 0 aliphatic carbocycles. The summed E-state index contributed by atoms with van der Waals surface area (Å²) >= 11 is 0. The largest absolute Gasteiger partial charge is 0.494 e. The van der Waals surface area contributed by atoms with Crippen LogP contribution in [0.1, 0.15) is 62.2 Å². The summed E-state index contributed by atoms with van der Waals surface area (Å²) in [6, 6.07) is 26.0. The van der Waals surface area contributed by atoms with Gasteiger partial charge in [0, 0.05) is 5.56 Å². The smallest absolute Gasteiger partial charge is 0.416 e. The molecule has 4 aromatic carbocycles. The molecule has 6 nitrogen and oxygen atoms in total. The van der Waals surface area contributed by atoms with E-state index in [-0.39, 0.29) is 17.0 Å². The third-order valence-electron chi connectivity index (χ3n) is 7.42. The van der Waals surface area contributed by atoms with Gasteiger partial charge in [-0.3, -0.25) is 0 Å². The number of ether oxygens (including phenoxy) is 2. The average Bonchev–Trinajstić information content (AvgIpc) is 3.04. The van der Waals surface area contributed by atoms with Gasteiger partial charge in [0.1, 0.15) is 11.5 Å². The molecule has 0 aromatic heterocycles. The number of benzene rings is 4. The number of aryl methyl sites for hydroxylation is 1. The van der Waals surface area contributed by atoms with Gasteiger partial charge in [-0.2, -0.15) is 13.2 Å². The van der Waals surface area contributed by atoms with E-state index in [0.29, 0.717) is 38.2 Å².